The van der Waals surface area contributed by atoms with Crippen molar-refractivity contribution in [3.05, 3.63) is 95.7 Å². The zero-order valence-corrected chi connectivity index (χ0v) is 14.9. The Labute approximate surface area is 162 Å². The van der Waals surface area contributed by atoms with Crippen molar-refractivity contribution in [1.82, 2.24) is 4.98 Å². The van der Waals surface area contributed by atoms with E-state index in [-0.39, 0.29) is 5.56 Å². The first-order valence-electron chi connectivity index (χ1n) is 8.82. The number of carboxylic acid groups (broad SMARTS) is 1. The maximum atomic E-state index is 11.8. The highest BCUT2D eigenvalue weighted by molar-refractivity contribution is 5.99. The Kier molecular flexibility index (Phi) is 4.67. The molecule has 1 aromatic heterocycles. The fourth-order valence-electron chi connectivity index (χ4n) is 3.21. The summed E-state index contributed by atoms with van der Waals surface area (Å²) in [5.74, 6) is 4.78. The van der Waals surface area contributed by atoms with Crippen LogP contribution in [0.5, 0.6) is 0 Å². The minimum Gasteiger partial charge on any atom is -0.478 e. The smallest absolute Gasteiger partial charge is 0.336 e. The number of aromatic nitrogens is 1. The maximum absolute atomic E-state index is 11.8. The number of H-pyrrole nitrogens is 1. The summed E-state index contributed by atoms with van der Waals surface area (Å²) in [6, 6.07) is 21.8. The van der Waals surface area contributed by atoms with Gasteiger partial charge in [-0.15, -0.1) is 0 Å². The van der Waals surface area contributed by atoms with Gasteiger partial charge in [0.1, 0.15) is 6.10 Å². The second-order valence-corrected chi connectivity index (χ2v) is 6.40. The van der Waals surface area contributed by atoms with Crippen LogP contribution in [0.15, 0.2) is 79.0 Å². The summed E-state index contributed by atoms with van der Waals surface area (Å²) in [6.07, 6.45) is 0.891. The Hall–Kier alpha value is -3.81. The number of hydrogen-bond donors (Lipinski definition) is 3. The van der Waals surface area contributed by atoms with Gasteiger partial charge in [-0.05, 0) is 40.8 Å². The fraction of sp³-hybridized carbons (Fsp3) is 0.0417. The summed E-state index contributed by atoms with van der Waals surface area (Å²) in [6.45, 7) is 0. The average molecular weight is 367 g/mol. The molecule has 28 heavy (non-hydrogen) atoms. The van der Waals surface area contributed by atoms with Gasteiger partial charge in [0, 0.05) is 22.8 Å². The number of aliphatic hydroxyl groups is 1. The summed E-state index contributed by atoms with van der Waals surface area (Å²) < 4.78 is 0. The first-order chi connectivity index (χ1) is 13.6. The monoisotopic (exact) mass is 367 g/mol. The van der Waals surface area contributed by atoms with Crippen LogP contribution in [-0.4, -0.2) is 21.2 Å². The number of carbonyl (C=O) groups is 1. The summed E-state index contributed by atoms with van der Waals surface area (Å²) >= 11 is 0. The standard InChI is InChI=1S/C24H17NO3/c26-22(17-5-2-1-3-6-17)12-11-18-7-4-8-20(24(27)28)23(18)19-10-9-16-13-14-25-21(16)15-19/h1-10,13-15,22,25-26H,(H,27,28). The van der Waals surface area contributed by atoms with Gasteiger partial charge in [-0.3, -0.25) is 0 Å². The summed E-state index contributed by atoms with van der Waals surface area (Å²) in [5.41, 5.74) is 3.64. The lowest BCUT2D eigenvalue weighted by Crippen LogP contribution is -2.02. The number of carboxylic acids is 1. The molecule has 0 fully saturated rings. The molecule has 0 spiro atoms. The van der Waals surface area contributed by atoms with E-state index < -0.39 is 12.1 Å². The molecular formula is C24H17NO3. The van der Waals surface area contributed by atoms with Crippen molar-refractivity contribution in [3.63, 3.8) is 0 Å². The van der Waals surface area contributed by atoms with E-state index in [1.54, 1.807) is 30.3 Å². The molecule has 0 radical (unpaired) electrons. The van der Waals surface area contributed by atoms with Crippen molar-refractivity contribution in [1.29, 1.82) is 0 Å². The highest BCUT2D eigenvalue weighted by atomic mass is 16.4. The average Bonchev–Trinajstić information content (AvgIpc) is 3.20. The third-order valence-corrected chi connectivity index (χ3v) is 4.60. The predicted octanol–water partition coefficient (Wildman–Crippen LogP) is 4.62. The normalized spacial score (nSPS) is 11.6. The molecule has 1 heterocycles. The topological polar surface area (TPSA) is 73.3 Å². The van der Waals surface area contributed by atoms with E-state index in [2.05, 4.69) is 16.8 Å². The van der Waals surface area contributed by atoms with E-state index in [1.807, 2.05) is 48.7 Å². The molecule has 136 valence electrons. The van der Waals surface area contributed by atoms with E-state index in [1.165, 1.54) is 0 Å². The number of aromatic amines is 1. The Morgan fingerprint density at radius 1 is 0.964 bits per heavy atom. The van der Waals surface area contributed by atoms with Crippen LogP contribution in [-0.2, 0) is 0 Å². The summed E-state index contributed by atoms with van der Waals surface area (Å²) in [5, 5.41) is 21.1. The van der Waals surface area contributed by atoms with Gasteiger partial charge in [0.15, 0.2) is 0 Å². The van der Waals surface area contributed by atoms with Gasteiger partial charge in [0.05, 0.1) is 5.56 Å². The molecule has 3 N–H and O–H groups in total. The molecular weight excluding hydrogens is 350 g/mol. The quantitative estimate of drug-likeness (QED) is 0.463. The Morgan fingerprint density at radius 3 is 2.57 bits per heavy atom. The predicted molar refractivity (Wildman–Crippen MR) is 109 cm³/mol. The van der Waals surface area contributed by atoms with Gasteiger partial charge in [-0.2, -0.15) is 0 Å². The van der Waals surface area contributed by atoms with Crippen LogP contribution < -0.4 is 0 Å². The lowest BCUT2D eigenvalue weighted by Gasteiger charge is -2.10. The molecule has 3 aromatic carbocycles. The van der Waals surface area contributed by atoms with Gasteiger partial charge in [0.25, 0.3) is 0 Å². The minimum atomic E-state index is -1.02. The number of benzene rings is 3. The van der Waals surface area contributed by atoms with E-state index >= 15 is 0 Å². The second kappa shape index (κ2) is 7.43. The minimum absolute atomic E-state index is 0.173. The number of nitrogens with one attached hydrogen (secondary N) is 1. The van der Waals surface area contributed by atoms with Gasteiger partial charge in [-0.1, -0.05) is 60.4 Å². The Balaban J connectivity index is 1.83. The maximum Gasteiger partial charge on any atom is 0.336 e. The third-order valence-electron chi connectivity index (χ3n) is 4.60. The lowest BCUT2D eigenvalue weighted by atomic mass is 9.93. The van der Waals surface area contributed by atoms with Crippen molar-refractivity contribution < 1.29 is 15.0 Å². The van der Waals surface area contributed by atoms with Crippen molar-refractivity contribution in [3.8, 4) is 23.0 Å². The Bertz CT molecular complexity index is 1210. The lowest BCUT2D eigenvalue weighted by molar-refractivity contribution is 0.0697. The highest BCUT2D eigenvalue weighted by Gasteiger charge is 2.16. The Morgan fingerprint density at radius 2 is 1.79 bits per heavy atom. The third kappa shape index (κ3) is 3.39. The van der Waals surface area contributed by atoms with Gasteiger partial charge in [-0.25, -0.2) is 4.79 Å². The number of aliphatic hydroxyl groups excluding tert-OH is 1. The summed E-state index contributed by atoms with van der Waals surface area (Å²) in [4.78, 5) is 15.0. The van der Waals surface area contributed by atoms with Crippen LogP contribution in [0.25, 0.3) is 22.0 Å². The van der Waals surface area contributed by atoms with E-state index in [9.17, 15) is 15.0 Å². The van der Waals surface area contributed by atoms with E-state index in [0.29, 0.717) is 16.7 Å². The fourth-order valence-corrected chi connectivity index (χ4v) is 3.21. The molecule has 0 bridgehead atoms. The highest BCUT2D eigenvalue weighted by Crippen LogP contribution is 2.30. The first-order valence-corrected chi connectivity index (χ1v) is 8.82. The number of hydrogen-bond acceptors (Lipinski definition) is 2. The molecule has 0 amide bonds. The molecule has 1 unspecified atom stereocenters. The molecule has 4 rings (SSSR count). The van der Waals surface area contributed by atoms with Gasteiger partial charge >= 0.3 is 5.97 Å². The molecule has 1 atom stereocenters. The largest absolute Gasteiger partial charge is 0.478 e. The zero-order chi connectivity index (χ0) is 19.5. The van der Waals surface area contributed by atoms with Crippen LogP contribution in [0.2, 0.25) is 0 Å². The van der Waals surface area contributed by atoms with Crippen molar-refractivity contribution in [2.45, 2.75) is 6.10 Å². The van der Waals surface area contributed by atoms with E-state index in [4.69, 9.17) is 0 Å². The van der Waals surface area contributed by atoms with Crippen LogP contribution >= 0.6 is 0 Å². The van der Waals surface area contributed by atoms with Gasteiger partial charge in [0.2, 0.25) is 0 Å². The molecule has 4 aromatic rings. The van der Waals surface area contributed by atoms with Crippen LogP contribution in [0.3, 0.4) is 0 Å². The molecule has 0 aliphatic carbocycles. The molecule has 0 aliphatic rings. The zero-order valence-electron chi connectivity index (χ0n) is 14.9. The molecule has 0 saturated carbocycles. The number of aromatic carboxylic acids is 1. The molecule has 0 saturated heterocycles. The van der Waals surface area contributed by atoms with Crippen LogP contribution in [0.4, 0.5) is 0 Å². The van der Waals surface area contributed by atoms with Crippen LogP contribution in [0.1, 0.15) is 27.6 Å². The van der Waals surface area contributed by atoms with E-state index in [0.717, 1.165) is 16.5 Å². The first kappa shape index (κ1) is 17.6. The SMILES string of the molecule is O=C(O)c1cccc(C#CC(O)c2ccccc2)c1-c1ccc2cc[nH]c2c1. The van der Waals surface area contributed by atoms with Crippen molar-refractivity contribution in [2.24, 2.45) is 0 Å². The molecule has 4 nitrogen and oxygen atoms in total. The molecule has 0 aliphatic heterocycles. The number of rotatable bonds is 3. The van der Waals surface area contributed by atoms with Crippen LogP contribution in [0, 0.1) is 11.8 Å². The second-order valence-electron chi connectivity index (χ2n) is 6.40. The van der Waals surface area contributed by atoms with Crippen molar-refractivity contribution >= 4 is 16.9 Å². The number of fused-ring (bicyclic) bond motifs is 1. The van der Waals surface area contributed by atoms with Gasteiger partial charge < -0.3 is 15.2 Å². The summed E-state index contributed by atoms with van der Waals surface area (Å²) in [7, 11) is 0. The molecule has 4 heteroatoms. The van der Waals surface area contributed by atoms with Crippen molar-refractivity contribution in [2.75, 3.05) is 0 Å².